The van der Waals surface area contributed by atoms with E-state index in [-0.39, 0.29) is 19.0 Å². The van der Waals surface area contributed by atoms with Crippen LogP contribution in [0.3, 0.4) is 0 Å². The van der Waals surface area contributed by atoms with Gasteiger partial charge in [0.2, 0.25) is 0 Å². The van der Waals surface area contributed by atoms with Crippen molar-refractivity contribution in [2.24, 2.45) is 5.73 Å². The Morgan fingerprint density at radius 3 is 1.67 bits per heavy atom. The molecule has 40 valence electrons. The first-order valence-electron chi connectivity index (χ1n) is 1.33. The molecule has 0 aromatic carbocycles. The summed E-state index contributed by atoms with van der Waals surface area (Å²) in [4.78, 5) is 0. The highest BCUT2D eigenvalue weighted by Crippen LogP contribution is 1.58. The van der Waals surface area contributed by atoms with E-state index in [0.717, 1.165) is 0 Å². The quantitative estimate of drug-likeness (QED) is 0.370. The molecule has 0 aliphatic carbocycles. The molecule has 0 unspecified atom stereocenters. The lowest BCUT2D eigenvalue weighted by Crippen LogP contribution is -2.17. The lowest BCUT2D eigenvalue weighted by Gasteiger charge is -1.90. The molecular formula is C2H8ClNO2. The van der Waals surface area contributed by atoms with Gasteiger partial charge in [0, 0.05) is 6.54 Å². The van der Waals surface area contributed by atoms with Crippen LogP contribution in [0, 0.1) is 0 Å². The van der Waals surface area contributed by atoms with Gasteiger partial charge in [-0.1, -0.05) is 0 Å². The monoisotopic (exact) mass is 113 g/mol. The van der Waals surface area contributed by atoms with E-state index in [2.05, 4.69) is 5.73 Å². The second-order valence-corrected chi connectivity index (χ2v) is 0.716. The predicted molar refractivity (Wildman–Crippen MR) is 24.5 cm³/mol. The molecule has 6 heavy (non-hydrogen) atoms. The van der Waals surface area contributed by atoms with Crippen molar-refractivity contribution in [3.8, 4) is 0 Å². The molecule has 0 saturated heterocycles. The number of aliphatic hydroxyl groups is 2. The minimum atomic E-state index is -1.34. The molecule has 0 saturated carbocycles. The molecule has 0 spiro atoms. The zero-order valence-corrected chi connectivity index (χ0v) is 3.98. The molecule has 0 fully saturated rings. The van der Waals surface area contributed by atoms with Crippen LogP contribution in [0.4, 0.5) is 0 Å². The third-order valence-electron chi connectivity index (χ3n) is 0.211. The molecule has 0 aromatic heterocycles. The Labute approximate surface area is 42.2 Å². The fourth-order valence-electron chi connectivity index (χ4n) is 0. The second-order valence-electron chi connectivity index (χ2n) is 0.716. The second kappa shape index (κ2) is 5.17. The fourth-order valence-corrected chi connectivity index (χ4v) is 0. The molecule has 0 rings (SSSR count). The molecular weight excluding hydrogens is 105 g/mol. The van der Waals surface area contributed by atoms with Crippen molar-refractivity contribution in [1.29, 1.82) is 0 Å². The highest BCUT2D eigenvalue weighted by molar-refractivity contribution is 5.85. The van der Waals surface area contributed by atoms with Crippen LogP contribution in [-0.4, -0.2) is 23.0 Å². The largest absolute Gasteiger partial charge is 0.367 e. The summed E-state index contributed by atoms with van der Waals surface area (Å²) in [6.07, 6.45) is -1.34. The number of halogens is 1. The maximum atomic E-state index is 7.79. The number of rotatable bonds is 1. The highest BCUT2D eigenvalue weighted by atomic mass is 35.5. The predicted octanol–water partition coefficient (Wildman–Crippen LogP) is -1.32. The van der Waals surface area contributed by atoms with Crippen molar-refractivity contribution in [1.82, 2.24) is 0 Å². The van der Waals surface area contributed by atoms with E-state index in [1.807, 2.05) is 0 Å². The van der Waals surface area contributed by atoms with Crippen LogP contribution in [0.25, 0.3) is 0 Å². The smallest absolute Gasteiger partial charge is 0.163 e. The van der Waals surface area contributed by atoms with Crippen LogP contribution >= 0.6 is 12.4 Å². The van der Waals surface area contributed by atoms with Gasteiger partial charge in [-0.25, -0.2) is 0 Å². The summed E-state index contributed by atoms with van der Waals surface area (Å²) < 4.78 is 0. The summed E-state index contributed by atoms with van der Waals surface area (Å²) in [5.41, 5.74) is 4.67. The van der Waals surface area contributed by atoms with Gasteiger partial charge in [0.05, 0.1) is 0 Å². The summed E-state index contributed by atoms with van der Waals surface area (Å²) in [5, 5.41) is 15.6. The third kappa shape index (κ3) is 8.90. The van der Waals surface area contributed by atoms with Gasteiger partial charge in [0.1, 0.15) is 0 Å². The molecule has 4 heteroatoms. The van der Waals surface area contributed by atoms with Gasteiger partial charge in [-0.2, -0.15) is 0 Å². The minimum absolute atomic E-state index is 0. The Bertz CT molecular complexity index is 25.5. The van der Waals surface area contributed by atoms with E-state index in [0.29, 0.717) is 0 Å². The number of hydrogen-bond donors (Lipinski definition) is 3. The van der Waals surface area contributed by atoms with Gasteiger partial charge < -0.3 is 15.9 Å². The van der Waals surface area contributed by atoms with E-state index in [1.54, 1.807) is 0 Å². The molecule has 0 atom stereocenters. The highest BCUT2D eigenvalue weighted by Gasteiger charge is 1.83. The van der Waals surface area contributed by atoms with E-state index >= 15 is 0 Å². The molecule has 0 heterocycles. The summed E-state index contributed by atoms with van der Waals surface area (Å²) in [6, 6.07) is 0. The standard InChI is InChI=1S/C2H7NO2.ClH/c3-1-2(4)5;/h2,4-5H,1,3H2;1H. The number of aliphatic hydroxyl groups excluding tert-OH is 1. The number of hydrogen-bond acceptors (Lipinski definition) is 3. The lowest BCUT2D eigenvalue weighted by molar-refractivity contribution is -0.0309. The average Bonchev–Trinajstić information content (AvgIpc) is 1.38. The van der Waals surface area contributed by atoms with Crippen LogP contribution in [0.15, 0.2) is 0 Å². The third-order valence-corrected chi connectivity index (χ3v) is 0.211. The molecule has 3 nitrogen and oxygen atoms in total. The Balaban J connectivity index is 0. The molecule has 0 aliphatic rings. The van der Waals surface area contributed by atoms with Crippen LogP contribution in [0.1, 0.15) is 0 Å². The summed E-state index contributed by atoms with van der Waals surface area (Å²) in [5.74, 6) is 0. The maximum absolute atomic E-state index is 7.79. The Hall–Kier alpha value is 0.170. The van der Waals surface area contributed by atoms with E-state index in [1.165, 1.54) is 0 Å². The van der Waals surface area contributed by atoms with Crippen LogP contribution in [0.2, 0.25) is 0 Å². The first-order chi connectivity index (χ1) is 2.27. The van der Waals surface area contributed by atoms with E-state index in [9.17, 15) is 0 Å². The first kappa shape index (κ1) is 9.48. The molecule has 0 bridgehead atoms. The van der Waals surface area contributed by atoms with Crippen LogP contribution in [0.5, 0.6) is 0 Å². The van der Waals surface area contributed by atoms with Gasteiger partial charge in [-0.05, 0) is 0 Å². The van der Waals surface area contributed by atoms with Crippen molar-refractivity contribution >= 4 is 12.4 Å². The van der Waals surface area contributed by atoms with Crippen molar-refractivity contribution in [2.75, 3.05) is 6.54 Å². The summed E-state index contributed by atoms with van der Waals surface area (Å²) in [6.45, 7) is -0.0833. The molecule has 0 aromatic rings. The van der Waals surface area contributed by atoms with Crippen molar-refractivity contribution in [3.05, 3.63) is 0 Å². The number of nitrogens with two attached hydrogens (primary N) is 1. The van der Waals surface area contributed by atoms with Gasteiger partial charge in [0.15, 0.2) is 6.29 Å². The van der Waals surface area contributed by atoms with Gasteiger partial charge in [-0.15, -0.1) is 12.4 Å². The van der Waals surface area contributed by atoms with Crippen molar-refractivity contribution < 1.29 is 10.2 Å². The Morgan fingerprint density at radius 2 is 1.67 bits per heavy atom. The first-order valence-corrected chi connectivity index (χ1v) is 1.33. The topological polar surface area (TPSA) is 66.5 Å². The van der Waals surface area contributed by atoms with Crippen molar-refractivity contribution in [2.45, 2.75) is 6.29 Å². The average molecular weight is 114 g/mol. The zero-order valence-electron chi connectivity index (χ0n) is 3.16. The SMILES string of the molecule is Cl.NCC(O)O. The van der Waals surface area contributed by atoms with E-state index < -0.39 is 6.29 Å². The molecule has 0 radical (unpaired) electrons. The minimum Gasteiger partial charge on any atom is -0.367 e. The van der Waals surface area contributed by atoms with Gasteiger partial charge >= 0.3 is 0 Å². The fraction of sp³-hybridized carbons (Fsp3) is 1.00. The molecule has 4 N–H and O–H groups in total. The van der Waals surface area contributed by atoms with Crippen LogP contribution < -0.4 is 5.73 Å². The summed E-state index contributed by atoms with van der Waals surface area (Å²) >= 11 is 0. The van der Waals surface area contributed by atoms with Gasteiger partial charge in [0.25, 0.3) is 0 Å². The van der Waals surface area contributed by atoms with Crippen molar-refractivity contribution in [3.63, 3.8) is 0 Å². The normalized spacial score (nSPS) is 8.00. The summed E-state index contributed by atoms with van der Waals surface area (Å²) in [7, 11) is 0. The zero-order chi connectivity index (χ0) is 4.28. The molecule has 0 aliphatic heterocycles. The Kier molecular flexibility index (Phi) is 8.17. The Morgan fingerprint density at radius 1 is 1.50 bits per heavy atom. The molecule has 0 amide bonds. The van der Waals surface area contributed by atoms with E-state index in [4.69, 9.17) is 10.2 Å². The van der Waals surface area contributed by atoms with Crippen LogP contribution in [-0.2, 0) is 0 Å². The van der Waals surface area contributed by atoms with Gasteiger partial charge in [-0.3, -0.25) is 0 Å². The lowest BCUT2D eigenvalue weighted by atomic mass is 10.7. The maximum Gasteiger partial charge on any atom is 0.163 e.